The van der Waals surface area contributed by atoms with E-state index in [-0.39, 0.29) is 5.97 Å². The molecule has 0 aliphatic rings. The molecular formula is C18H16INO2. The highest BCUT2D eigenvalue weighted by atomic mass is 127. The summed E-state index contributed by atoms with van der Waals surface area (Å²) in [5.41, 5.74) is 5.26. The van der Waals surface area contributed by atoms with Crippen molar-refractivity contribution in [2.75, 3.05) is 7.11 Å². The quantitative estimate of drug-likeness (QED) is 0.463. The van der Waals surface area contributed by atoms with Crippen molar-refractivity contribution in [1.29, 1.82) is 0 Å². The molecule has 0 bridgehead atoms. The van der Waals surface area contributed by atoms with Gasteiger partial charge in [0.15, 0.2) is 0 Å². The van der Waals surface area contributed by atoms with Crippen molar-refractivity contribution in [2.24, 2.45) is 7.05 Å². The number of methoxy groups -OCH3 is 1. The van der Waals surface area contributed by atoms with Gasteiger partial charge in [0.2, 0.25) is 0 Å². The number of halogens is 1. The number of nitrogens with zero attached hydrogens (tertiary/aromatic N) is 1. The Morgan fingerprint density at radius 2 is 1.82 bits per heavy atom. The van der Waals surface area contributed by atoms with Crippen molar-refractivity contribution in [2.45, 2.75) is 6.92 Å². The highest BCUT2D eigenvalue weighted by Gasteiger charge is 2.16. The van der Waals surface area contributed by atoms with Gasteiger partial charge in [-0.05, 0) is 53.3 Å². The molecule has 0 fully saturated rings. The summed E-state index contributed by atoms with van der Waals surface area (Å²) in [5, 5.41) is 1.07. The maximum absolute atomic E-state index is 11.7. The molecule has 3 aromatic rings. The maximum Gasteiger partial charge on any atom is 0.337 e. The van der Waals surface area contributed by atoms with Crippen LogP contribution in [0.15, 0.2) is 42.5 Å². The summed E-state index contributed by atoms with van der Waals surface area (Å²) in [6, 6.07) is 14.2. The van der Waals surface area contributed by atoms with Gasteiger partial charge < -0.3 is 9.30 Å². The third-order valence-corrected chi connectivity index (χ3v) is 4.98. The van der Waals surface area contributed by atoms with Crippen LogP contribution in [0.1, 0.15) is 15.9 Å². The average molecular weight is 405 g/mol. The number of esters is 1. The number of carbonyl (C=O) groups is 1. The van der Waals surface area contributed by atoms with Crippen LogP contribution in [0.4, 0.5) is 0 Å². The van der Waals surface area contributed by atoms with Crippen LogP contribution >= 0.6 is 22.6 Å². The highest BCUT2D eigenvalue weighted by Crippen LogP contribution is 2.34. The molecule has 0 aliphatic carbocycles. The summed E-state index contributed by atoms with van der Waals surface area (Å²) >= 11 is 2.35. The fraction of sp³-hybridized carbons (Fsp3) is 0.167. The van der Waals surface area contributed by atoms with Gasteiger partial charge in [0, 0.05) is 21.5 Å². The van der Waals surface area contributed by atoms with Gasteiger partial charge in [-0.1, -0.05) is 29.8 Å². The van der Waals surface area contributed by atoms with Crippen LogP contribution in [0.5, 0.6) is 0 Å². The second kappa shape index (κ2) is 5.76. The first-order valence-electron chi connectivity index (χ1n) is 6.96. The van der Waals surface area contributed by atoms with E-state index in [0.29, 0.717) is 5.56 Å². The van der Waals surface area contributed by atoms with Crippen molar-refractivity contribution >= 4 is 39.5 Å². The van der Waals surface area contributed by atoms with E-state index in [0.717, 1.165) is 20.2 Å². The predicted octanol–water partition coefficient (Wildman–Crippen LogP) is 4.54. The molecule has 3 rings (SSSR count). The van der Waals surface area contributed by atoms with Crippen molar-refractivity contribution in [3.8, 4) is 11.3 Å². The first-order chi connectivity index (χ1) is 10.5. The van der Waals surface area contributed by atoms with E-state index in [1.165, 1.54) is 18.2 Å². The summed E-state index contributed by atoms with van der Waals surface area (Å²) in [6.45, 7) is 2.08. The molecular weight excluding hydrogens is 389 g/mol. The molecule has 0 aliphatic heterocycles. The Hall–Kier alpha value is -1.82. The molecule has 2 aromatic carbocycles. The SMILES string of the molecule is COC(=O)c1ccc2c(c1)c(I)c(-c1ccc(C)cc1)n2C. The number of ether oxygens (including phenoxy) is 1. The first-order valence-corrected chi connectivity index (χ1v) is 8.04. The molecule has 0 atom stereocenters. The predicted molar refractivity (Wildman–Crippen MR) is 97.1 cm³/mol. The Morgan fingerprint density at radius 1 is 1.14 bits per heavy atom. The van der Waals surface area contributed by atoms with Crippen molar-refractivity contribution in [3.63, 3.8) is 0 Å². The minimum Gasteiger partial charge on any atom is -0.465 e. The number of carbonyl (C=O) groups excluding carboxylic acids is 1. The minimum atomic E-state index is -0.307. The summed E-state index contributed by atoms with van der Waals surface area (Å²) < 4.78 is 8.12. The summed E-state index contributed by atoms with van der Waals surface area (Å²) in [6.07, 6.45) is 0. The van der Waals surface area contributed by atoms with Gasteiger partial charge in [0.05, 0.1) is 18.4 Å². The van der Waals surface area contributed by atoms with Gasteiger partial charge in [0.25, 0.3) is 0 Å². The standard InChI is InChI=1S/C18H16INO2/c1-11-4-6-12(7-5-11)17-16(19)14-10-13(18(21)22-3)8-9-15(14)20(17)2/h4-10H,1-3H3. The third-order valence-electron chi connectivity index (χ3n) is 3.88. The monoisotopic (exact) mass is 405 g/mol. The molecule has 22 heavy (non-hydrogen) atoms. The number of hydrogen-bond acceptors (Lipinski definition) is 2. The average Bonchev–Trinajstić information content (AvgIpc) is 2.79. The van der Waals surface area contributed by atoms with Gasteiger partial charge in [0.1, 0.15) is 0 Å². The van der Waals surface area contributed by atoms with Crippen LogP contribution in [0, 0.1) is 10.5 Å². The van der Waals surface area contributed by atoms with Gasteiger partial charge in [-0.15, -0.1) is 0 Å². The third kappa shape index (κ3) is 2.41. The van der Waals surface area contributed by atoms with E-state index < -0.39 is 0 Å². The Balaban J connectivity index is 2.24. The van der Waals surface area contributed by atoms with Crippen molar-refractivity contribution < 1.29 is 9.53 Å². The topological polar surface area (TPSA) is 31.2 Å². The summed E-state index contributed by atoms with van der Waals surface area (Å²) in [5.74, 6) is -0.307. The van der Waals surface area contributed by atoms with Crippen LogP contribution in [0.25, 0.3) is 22.2 Å². The normalized spacial score (nSPS) is 10.9. The van der Waals surface area contributed by atoms with Crippen LogP contribution in [0.3, 0.4) is 0 Å². The maximum atomic E-state index is 11.7. The number of aryl methyl sites for hydroxylation is 2. The molecule has 0 saturated heterocycles. The van der Waals surface area contributed by atoms with Crippen LogP contribution in [-0.4, -0.2) is 17.6 Å². The Kier molecular flexibility index (Phi) is 3.95. The molecule has 0 N–H and O–H groups in total. The lowest BCUT2D eigenvalue weighted by Crippen LogP contribution is -2.00. The van der Waals surface area contributed by atoms with E-state index in [1.807, 2.05) is 18.2 Å². The van der Waals surface area contributed by atoms with Crippen LogP contribution in [0.2, 0.25) is 0 Å². The van der Waals surface area contributed by atoms with E-state index >= 15 is 0 Å². The first kappa shape index (κ1) is 15.1. The lowest BCUT2D eigenvalue weighted by Gasteiger charge is -2.06. The number of fused-ring (bicyclic) bond motifs is 1. The van der Waals surface area contributed by atoms with Gasteiger partial charge in [-0.2, -0.15) is 0 Å². The minimum absolute atomic E-state index is 0.307. The number of aromatic nitrogens is 1. The number of hydrogen-bond donors (Lipinski definition) is 0. The molecule has 0 radical (unpaired) electrons. The van der Waals surface area contributed by atoms with E-state index in [4.69, 9.17) is 4.74 Å². The zero-order valence-electron chi connectivity index (χ0n) is 12.7. The molecule has 0 saturated carbocycles. The molecule has 1 heterocycles. The number of benzene rings is 2. The van der Waals surface area contributed by atoms with Gasteiger partial charge >= 0.3 is 5.97 Å². The van der Waals surface area contributed by atoms with E-state index in [9.17, 15) is 4.79 Å². The number of rotatable bonds is 2. The lowest BCUT2D eigenvalue weighted by molar-refractivity contribution is 0.0601. The van der Waals surface area contributed by atoms with E-state index in [2.05, 4.69) is 65.4 Å². The van der Waals surface area contributed by atoms with Gasteiger partial charge in [-0.25, -0.2) is 4.79 Å². The largest absolute Gasteiger partial charge is 0.465 e. The second-order valence-corrected chi connectivity index (χ2v) is 6.39. The van der Waals surface area contributed by atoms with E-state index in [1.54, 1.807) is 0 Å². The Morgan fingerprint density at radius 3 is 2.45 bits per heavy atom. The Bertz CT molecular complexity index is 863. The molecule has 4 heteroatoms. The zero-order chi connectivity index (χ0) is 15.9. The molecule has 0 amide bonds. The highest BCUT2D eigenvalue weighted by molar-refractivity contribution is 14.1. The molecule has 0 unspecified atom stereocenters. The molecule has 112 valence electrons. The van der Waals surface area contributed by atoms with Crippen molar-refractivity contribution in [1.82, 2.24) is 4.57 Å². The van der Waals surface area contributed by atoms with Crippen LogP contribution < -0.4 is 0 Å². The van der Waals surface area contributed by atoms with Crippen LogP contribution in [-0.2, 0) is 11.8 Å². The molecule has 1 aromatic heterocycles. The fourth-order valence-electron chi connectivity index (χ4n) is 2.68. The second-order valence-electron chi connectivity index (χ2n) is 5.31. The smallest absolute Gasteiger partial charge is 0.337 e. The Labute approximate surface area is 143 Å². The zero-order valence-corrected chi connectivity index (χ0v) is 14.8. The molecule has 0 spiro atoms. The summed E-state index contributed by atoms with van der Waals surface area (Å²) in [4.78, 5) is 11.7. The fourth-order valence-corrected chi connectivity index (χ4v) is 3.78. The summed E-state index contributed by atoms with van der Waals surface area (Å²) in [7, 11) is 3.46. The van der Waals surface area contributed by atoms with Gasteiger partial charge in [-0.3, -0.25) is 0 Å². The molecule has 3 nitrogen and oxygen atoms in total. The lowest BCUT2D eigenvalue weighted by atomic mass is 10.1. The van der Waals surface area contributed by atoms with Crippen molar-refractivity contribution in [3.05, 3.63) is 57.2 Å².